The quantitative estimate of drug-likeness (QED) is 0.190. The molecule has 1 aliphatic rings. The molecule has 12 heteroatoms. The maximum atomic E-state index is 14.1. The Balaban J connectivity index is 1.50. The molecular weight excluding hydrogens is 535 g/mol. The molecule has 1 atom stereocenters. The lowest BCUT2D eigenvalue weighted by atomic mass is 9.86. The fraction of sp³-hybridized carbons (Fsp3) is 0.167. The number of ether oxygens (including phenoxy) is 1. The summed E-state index contributed by atoms with van der Waals surface area (Å²) < 4.78 is 85.5. The summed E-state index contributed by atoms with van der Waals surface area (Å²) in [5.74, 6) is -0.890. The molecule has 0 saturated carbocycles. The summed E-state index contributed by atoms with van der Waals surface area (Å²) in [4.78, 5) is 17.2. The molecule has 0 bridgehead atoms. The van der Waals surface area contributed by atoms with E-state index in [4.69, 9.17) is 32.8 Å². The molecule has 0 aliphatic carbocycles. The average Bonchev–Trinajstić information content (AvgIpc) is 3.26. The van der Waals surface area contributed by atoms with Crippen molar-refractivity contribution in [1.29, 1.82) is 0 Å². The lowest BCUT2D eigenvalue weighted by molar-refractivity contribution is -0.275. The Kier molecular flexibility index (Phi) is 6.70. The van der Waals surface area contributed by atoms with Crippen LogP contribution < -0.4 is 4.74 Å². The summed E-state index contributed by atoms with van der Waals surface area (Å²) in [6, 6.07) is 12.3. The molecule has 0 amide bonds. The lowest BCUT2D eigenvalue weighted by Gasteiger charge is -2.29. The predicted molar refractivity (Wildman–Crippen MR) is 119 cm³/mol. The lowest BCUT2D eigenvalue weighted by Crippen LogP contribution is -2.42. The van der Waals surface area contributed by atoms with E-state index < -0.39 is 35.9 Å². The topological polar surface area (TPSA) is 47.9 Å². The van der Waals surface area contributed by atoms with Crippen LogP contribution in [0.2, 0.25) is 10.0 Å². The van der Waals surface area contributed by atoms with E-state index >= 15 is 0 Å². The fourth-order valence-electron chi connectivity index (χ4n) is 3.52. The Morgan fingerprint density at radius 2 is 1.47 bits per heavy atom. The number of hydrogen-bond donors (Lipinski definition) is 0. The van der Waals surface area contributed by atoms with E-state index in [0.717, 1.165) is 36.4 Å². The van der Waals surface area contributed by atoms with Gasteiger partial charge in [-0.15, -0.1) is 0 Å². The first-order chi connectivity index (χ1) is 16.8. The number of halogens is 8. The van der Waals surface area contributed by atoms with Gasteiger partial charge in [-0.3, -0.25) is 0 Å². The normalized spacial score (nSPS) is 17.9. The van der Waals surface area contributed by atoms with Crippen LogP contribution in [0.25, 0.3) is 0 Å². The first-order valence-corrected chi connectivity index (χ1v) is 10.8. The third-order valence-corrected chi connectivity index (χ3v) is 5.80. The molecule has 0 saturated heterocycles. The zero-order chi connectivity index (χ0) is 26.3. The molecule has 1 aliphatic heterocycles. The standard InChI is InChI=1S/C24H13Cl2F6NO3/c25-17-9-16(10-18(26)11-17)22(24(30,31)32)12-20(33-36-22)13-3-7-19(8-4-13)35-21(34)14-1-5-15(6-2-14)23(27,28)29/h1-11H,12H2. The second-order valence-electron chi connectivity index (χ2n) is 7.78. The predicted octanol–water partition coefficient (Wildman–Crippen LogP) is 7.81. The first-order valence-electron chi connectivity index (χ1n) is 10.1. The molecule has 0 fully saturated rings. The second-order valence-corrected chi connectivity index (χ2v) is 8.65. The molecule has 188 valence electrons. The van der Waals surface area contributed by atoms with Crippen LogP contribution in [0.4, 0.5) is 26.3 Å². The molecule has 0 spiro atoms. The zero-order valence-electron chi connectivity index (χ0n) is 17.8. The number of carbonyl (C=O) groups is 1. The molecule has 3 aromatic rings. The number of alkyl halides is 6. The maximum absolute atomic E-state index is 14.1. The second kappa shape index (κ2) is 9.33. The van der Waals surface area contributed by atoms with Crippen LogP contribution in [-0.4, -0.2) is 17.9 Å². The summed E-state index contributed by atoms with van der Waals surface area (Å²) >= 11 is 11.8. The maximum Gasteiger partial charge on any atom is 0.435 e. The third kappa shape index (κ3) is 5.15. The summed E-state index contributed by atoms with van der Waals surface area (Å²) in [5.41, 5.74) is -3.90. The minimum atomic E-state index is -4.86. The van der Waals surface area contributed by atoms with Gasteiger partial charge in [0.25, 0.3) is 5.60 Å². The van der Waals surface area contributed by atoms with Crippen LogP contribution in [0.5, 0.6) is 5.75 Å². The van der Waals surface area contributed by atoms with Crippen molar-refractivity contribution in [3.63, 3.8) is 0 Å². The highest BCUT2D eigenvalue weighted by Gasteiger charge is 2.62. The Morgan fingerprint density at radius 1 is 0.889 bits per heavy atom. The SMILES string of the molecule is O=C(Oc1ccc(C2=NOC(c3cc(Cl)cc(Cl)c3)(C(F)(F)F)C2)cc1)c1ccc(C(F)(F)F)cc1. The number of benzene rings is 3. The summed E-state index contributed by atoms with van der Waals surface area (Å²) in [5, 5.41) is 3.63. The Morgan fingerprint density at radius 3 is 2.00 bits per heavy atom. The molecule has 4 rings (SSSR count). The van der Waals surface area contributed by atoms with Crippen LogP contribution >= 0.6 is 23.2 Å². The van der Waals surface area contributed by atoms with Crippen LogP contribution in [0, 0.1) is 0 Å². The van der Waals surface area contributed by atoms with E-state index in [9.17, 15) is 31.1 Å². The Bertz CT molecular complexity index is 1300. The van der Waals surface area contributed by atoms with Crippen molar-refractivity contribution in [3.8, 4) is 5.75 Å². The van der Waals surface area contributed by atoms with Gasteiger partial charge >= 0.3 is 18.3 Å². The van der Waals surface area contributed by atoms with Crippen molar-refractivity contribution in [3.05, 3.63) is 99.0 Å². The van der Waals surface area contributed by atoms with E-state index in [0.29, 0.717) is 0 Å². The van der Waals surface area contributed by atoms with E-state index in [1.54, 1.807) is 0 Å². The number of oxime groups is 1. The van der Waals surface area contributed by atoms with Crippen LogP contribution in [0.3, 0.4) is 0 Å². The molecule has 1 unspecified atom stereocenters. The van der Waals surface area contributed by atoms with Gasteiger partial charge < -0.3 is 9.57 Å². The van der Waals surface area contributed by atoms with Crippen molar-refractivity contribution < 1.29 is 40.7 Å². The molecule has 1 heterocycles. The van der Waals surface area contributed by atoms with Gasteiger partial charge in [-0.2, -0.15) is 26.3 Å². The largest absolute Gasteiger partial charge is 0.435 e. The van der Waals surface area contributed by atoms with Crippen LogP contribution in [0.1, 0.15) is 33.5 Å². The van der Waals surface area contributed by atoms with E-state index in [1.807, 2.05) is 0 Å². The molecule has 0 N–H and O–H groups in total. The van der Waals surface area contributed by atoms with Gasteiger partial charge in [-0.25, -0.2) is 4.79 Å². The van der Waals surface area contributed by atoms with Crippen molar-refractivity contribution in [1.82, 2.24) is 0 Å². The average molecular weight is 548 g/mol. The summed E-state index contributed by atoms with van der Waals surface area (Å²) in [6.45, 7) is 0. The van der Waals surface area contributed by atoms with Gasteiger partial charge in [-0.05, 0) is 72.3 Å². The van der Waals surface area contributed by atoms with Gasteiger partial charge in [0, 0.05) is 22.0 Å². The first kappa shape index (κ1) is 25.8. The molecule has 0 aromatic heterocycles. The highest BCUT2D eigenvalue weighted by Crippen LogP contribution is 2.49. The van der Waals surface area contributed by atoms with Crippen LogP contribution in [0.15, 0.2) is 71.9 Å². The molecule has 0 radical (unpaired) electrons. The summed E-state index contributed by atoms with van der Waals surface area (Å²) in [7, 11) is 0. The van der Waals surface area contributed by atoms with Crippen molar-refractivity contribution in [2.45, 2.75) is 24.4 Å². The minimum absolute atomic E-state index is 0.00242. The van der Waals surface area contributed by atoms with E-state index in [-0.39, 0.29) is 38.2 Å². The highest BCUT2D eigenvalue weighted by atomic mass is 35.5. The Hall–Kier alpha value is -3.24. The van der Waals surface area contributed by atoms with Crippen molar-refractivity contribution in [2.24, 2.45) is 5.16 Å². The number of rotatable bonds is 4. The van der Waals surface area contributed by atoms with Crippen molar-refractivity contribution >= 4 is 34.9 Å². The molecule has 36 heavy (non-hydrogen) atoms. The van der Waals surface area contributed by atoms with Gasteiger partial charge in [0.1, 0.15) is 5.75 Å². The molecule has 3 aromatic carbocycles. The van der Waals surface area contributed by atoms with Gasteiger partial charge in [-0.1, -0.05) is 28.4 Å². The number of esters is 1. The Labute approximate surface area is 210 Å². The van der Waals surface area contributed by atoms with Gasteiger partial charge in [0.15, 0.2) is 0 Å². The minimum Gasteiger partial charge on any atom is -0.423 e. The van der Waals surface area contributed by atoms with E-state index in [1.165, 1.54) is 30.3 Å². The molecular formula is C24H13Cl2F6NO3. The van der Waals surface area contributed by atoms with Gasteiger partial charge in [0.05, 0.1) is 16.8 Å². The zero-order valence-corrected chi connectivity index (χ0v) is 19.3. The smallest absolute Gasteiger partial charge is 0.423 e. The number of hydrogen-bond acceptors (Lipinski definition) is 4. The summed E-state index contributed by atoms with van der Waals surface area (Å²) in [6.07, 6.45) is -10.1. The number of carbonyl (C=O) groups excluding carboxylic acids is 1. The molecule has 4 nitrogen and oxygen atoms in total. The monoisotopic (exact) mass is 547 g/mol. The third-order valence-electron chi connectivity index (χ3n) is 5.36. The number of nitrogens with zero attached hydrogens (tertiary/aromatic N) is 1. The van der Waals surface area contributed by atoms with Crippen LogP contribution in [-0.2, 0) is 16.6 Å². The highest BCUT2D eigenvalue weighted by molar-refractivity contribution is 6.34. The van der Waals surface area contributed by atoms with Gasteiger partial charge in [0.2, 0.25) is 0 Å². The van der Waals surface area contributed by atoms with E-state index in [2.05, 4.69) is 5.16 Å². The van der Waals surface area contributed by atoms with Crippen molar-refractivity contribution in [2.75, 3.05) is 0 Å². The fourth-order valence-corrected chi connectivity index (χ4v) is 4.05.